The van der Waals surface area contributed by atoms with Gasteiger partial charge < -0.3 is 30.5 Å². The van der Waals surface area contributed by atoms with Crippen LogP contribution in [-0.4, -0.2) is 53.2 Å². The van der Waals surface area contributed by atoms with Gasteiger partial charge in [0.25, 0.3) is 0 Å². The number of nitrogens with one attached hydrogen (secondary N) is 1. The van der Waals surface area contributed by atoms with E-state index in [2.05, 4.69) is 5.32 Å². The Bertz CT molecular complexity index is 1540. The number of hydrogen-bond acceptors (Lipinski definition) is 7. The number of amides is 2. The van der Waals surface area contributed by atoms with Gasteiger partial charge in [0.15, 0.2) is 6.10 Å². The molecular formula is C37H41N3O6. The molecule has 0 aliphatic rings. The zero-order chi connectivity index (χ0) is 32.9. The van der Waals surface area contributed by atoms with Crippen molar-refractivity contribution in [3.05, 3.63) is 126 Å². The minimum absolute atomic E-state index is 0.000438. The third-order valence-electron chi connectivity index (χ3n) is 7.21. The van der Waals surface area contributed by atoms with Gasteiger partial charge in [-0.05, 0) is 45.9 Å². The van der Waals surface area contributed by atoms with Crippen molar-refractivity contribution >= 4 is 23.7 Å². The fraction of sp³-hybridized carbons (Fsp3) is 0.270. The maximum Gasteiger partial charge on any atom is 0.337 e. The largest absolute Gasteiger partial charge is 0.459 e. The smallest absolute Gasteiger partial charge is 0.337 e. The number of rotatable bonds is 14. The molecule has 1 unspecified atom stereocenters. The maximum atomic E-state index is 13.6. The third-order valence-corrected chi connectivity index (χ3v) is 7.21. The molecule has 0 aromatic heterocycles. The molecule has 0 aliphatic heterocycles. The third kappa shape index (κ3) is 10.5. The molecule has 4 N–H and O–H groups in total. The fourth-order valence-corrected chi connectivity index (χ4v) is 4.80. The number of hydrogen-bond donors (Lipinski definition) is 3. The van der Waals surface area contributed by atoms with Crippen molar-refractivity contribution in [2.45, 2.75) is 45.6 Å². The van der Waals surface area contributed by atoms with Gasteiger partial charge in [-0.1, -0.05) is 111 Å². The summed E-state index contributed by atoms with van der Waals surface area (Å²) in [5.41, 5.74) is 10.9. The Labute approximate surface area is 270 Å². The van der Waals surface area contributed by atoms with Crippen molar-refractivity contribution in [3.63, 3.8) is 0 Å². The van der Waals surface area contributed by atoms with Gasteiger partial charge in [-0.3, -0.25) is 0 Å². The van der Waals surface area contributed by atoms with Gasteiger partial charge in [0.05, 0.1) is 6.54 Å². The molecule has 0 radical (unpaired) electrons. The summed E-state index contributed by atoms with van der Waals surface area (Å²) in [5, 5.41) is 13.5. The van der Waals surface area contributed by atoms with E-state index in [1.807, 2.05) is 111 Å². The lowest BCUT2D eigenvalue weighted by atomic mass is 10.0. The van der Waals surface area contributed by atoms with Crippen LogP contribution in [0.25, 0.3) is 11.1 Å². The number of nitrogen functional groups attached to an aromatic ring is 1. The van der Waals surface area contributed by atoms with E-state index in [4.69, 9.17) is 15.2 Å². The zero-order valence-electron chi connectivity index (χ0n) is 26.2. The molecule has 0 saturated carbocycles. The molecule has 9 heteroatoms. The highest BCUT2D eigenvalue weighted by atomic mass is 16.5. The van der Waals surface area contributed by atoms with Crippen LogP contribution in [-0.2, 0) is 38.7 Å². The summed E-state index contributed by atoms with van der Waals surface area (Å²) in [6, 6.07) is 32.0. The van der Waals surface area contributed by atoms with Crippen LogP contribution in [0.4, 0.5) is 10.5 Å². The quantitative estimate of drug-likeness (QED) is 0.127. The Hall–Kier alpha value is -5.15. The van der Waals surface area contributed by atoms with E-state index in [0.717, 1.165) is 27.8 Å². The summed E-state index contributed by atoms with van der Waals surface area (Å²) in [6.45, 7) is 3.79. The molecule has 0 heterocycles. The van der Waals surface area contributed by atoms with Crippen LogP contribution in [0.5, 0.6) is 0 Å². The Balaban J connectivity index is 1.46. The number of urea groups is 1. The summed E-state index contributed by atoms with van der Waals surface area (Å²) in [7, 11) is 0. The van der Waals surface area contributed by atoms with Crippen molar-refractivity contribution in [3.8, 4) is 11.1 Å². The molecule has 9 nitrogen and oxygen atoms in total. The predicted octanol–water partition coefficient (Wildman–Crippen LogP) is 5.36. The molecule has 0 bridgehead atoms. The second-order valence-electron chi connectivity index (χ2n) is 11.5. The maximum absolute atomic E-state index is 13.6. The molecule has 4 aromatic rings. The second kappa shape index (κ2) is 16.8. The Kier molecular flexibility index (Phi) is 12.3. The van der Waals surface area contributed by atoms with Crippen molar-refractivity contribution in [2.24, 2.45) is 5.92 Å². The Morgan fingerprint density at radius 2 is 1.20 bits per heavy atom. The van der Waals surface area contributed by atoms with Crippen LogP contribution in [0.15, 0.2) is 109 Å². The summed E-state index contributed by atoms with van der Waals surface area (Å²) < 4.78 is 10.9. The van der Waals surface area contributed by atoms with E-state index in [1.165, 1.54) is 4.90 Å². The monoisotopic (exact) mass is 623 g/mol. The van der Waals surface area contributed by atoms with Gasteiger partial charge in [-0.2, -0.15) is 0 Å². The highest BCUT2D eigenvalue weighted by Gasteiger charge is 2.29. The van der Waals surface area contributed by atoms with Gasteiger partial charge in [-0.25, -0.2) is 14.4 Å². The van der Waals surface area contributed by atoms with Crippen molar-refractivity contribution in [1.29, 1.82) is 0 Å². The summed E-state index contributed by atoms with van der Waals surface area (Å²) >= 11 is 0. The lowest BCUT2D eigenvalue weighted by molar-refractivity contribution is -0.155. The molecule has 2 amide bonds. The summed E-state index contributed by atoms with van der Waals surface area (Å²) in [4.78, 5) is 40.9. The molecule has 0 aliphatic carbocycles. The zero-order valence-corrected chi connectivity index (χ0v) is 26.2. The molecule has 240 valence electrons. The molecule has 0 fully saturated rings. The van der Waals surface area contributed by atoms with Crippen LogP contribution in [0.2, 0.25) is 0 Å². The number of nitrogens with two attached hydrogens (primary N) is 1. The number of carbonyl (C=O) groups excluding carboxylic acids is 3. The SMILES string of the molecule is CC(C)CN(CC(O)C(=O)OCc1ccccc1)C(=O)N[C@@H](Cc1ccc(-c2ccc(N)cc2)cc1)C(=O)OCc1ccccc1. The number of aliphatic hydroxyl groups excluding tert-OH is 1. The molecule has 0 spiro atoms. The fourth-order valence-electron chi connectivity index (χ4n) is 4.80. The average Bonchev–Trinajstić information content (AvgIpc) is 3.07. The number of aliphatic hydroxyl groups is 1. The predicted molar refractivity (Wildman–Crippen MR) is 177 cm³/mol. The number of nitrogens with zero attached hydrogens (tertiary/aromatic N) is 1. The number of anilines is 1. The number of esters is 2. The van der Waals surface area contributed by atoms with Crippen LogP contribution < -0.4 is 11.1 Å². The highest BCUT2D eigenvalue weighted by Crippen LogP contribution is 2.22. The van der Waals surface area contributed by atoms with Crippen LogP contribution in [0, 0.1) is 5.92 Å². The average molecular weight is 624 g/mol. The molecule has 4 rings (SSSR count). The first-order valence-corrected chi connectivity index (χ1v) is 15.3. The molecule has 4 aromatic carbocycles. The molecule has 0 saturated heterocycles. The van der Waals surface area contributed by atoms with Crippen LogP contribution in [0.1, 0.15) is 30.5 Å². The normalized spacial score (nSPS) is 12.2. The first kappa shape index (κ1) is 33.7. The molecule has 46 heavy (non-hydrogen) atoms. The van der Waals surface area contributed by atoms with Crippen molar-refractivity contribution in [2.75, 3.05) is 18.8 Å². The lowest BCUT2D eigenvalue weighted by Crippen LogP contribution is -2.52. The van der Waals surface area contributed by atoms with E-state index in [0.29, 0.717) is 5.69 Å². The minimum atomic E-state index is -1.57. The standard InChI is InChI=1S/C37H41N3O6/c1-26(2)22-40(23-34(41)36(43)46-25-29-11-7-4-8-12-29)37(44)39-33(35(42)45-24-28-9-5-3-6-10-28)21-27-13-15-30(16-14-27)31-17-19-32(38)20-18-31/h3-20,26,33-34,41H,21-25,38H2,1-2H3,(H,39,44)/t33-,34?/m0/s1. The first-order chi connectivity index (χ1) is 22.2. The van der Waals surface area contributed by atoms with E-state index < -0.39 is 30.1 Å². The number of benzene rings is 4. The number of ether oxygens (including phenoxy) is 2. The van der Waals surface area contributed by atoms with Crippen molar-refractivity contribution < 1.29 is 29.0 Å². The van der Waals surface area contributed by atoms with Gasteiger partial charge >= 0.3 is 18.0 Å². The van der Waals surface area contributed by atoms with Gasteiger partial charge in [0.2, 0.25) is 0 Å². The Morgan fingerprint density at radius 1 is 0.696 bits per heavy atom. The van der Waals surface area contributed by atoms with E-state index in [1.54, 1.807) is 12.1 Å². The first-order valence-electron chi connectivity index (χ1n) is 15.3. The second-order valence-corrected chi connectivity index (χ2v) is 11.5. The topological polar surface area (TPSA) is 131 Å². The van der Waals surface area contributed by atoms with Gasteiger partial charge in [0, 0.05) is 18.7 Å². The minimum Gasteiger partial charge on any atom is -0.459 e. The molecule has 2 atom stereocenters. The van der Waals surface area contributed by atoms with Gasteiger partial charge in [-0.15, -0.1) is 0 Å². The lowest BCUT2D eigenvalue weighted by Gasteiger charge is -2.28. The van der Waals surface area contributed by atoms with Crippen molar-refractivity contribution in [1.82, 2.24) is 10.2 Å². The number of carbonyl (C=O) groups is 3. The van der Waals surface area contributed by atoms with Crippen LogP contribution >= 0.6 is 0 Å². The van der Waals surface area contributed by atoms with Crippen LogP contribution in [0.3, 0.4) is 0 Å². The summed E-state index contributed by atoms with van der Waals surface area (Å²) in [6.07, 6.45) is -1.41. The summed E-state index contributed by atoms with van der Waals surface area (Å²) in [5.74, 6) is -1.43. The van der Waals surface area contributed by atoms with E-state index in [-0.39, 0.29) is 38.6 Å². The van der Waals surface area contributed by atoms with E-state index >= 15 is 0 Å². The highest BCUT2D eigenvalue weighted by molar-refractivity contribution is 5.84. The van der Waals surface area contributed by atoms with Gasteiger partial charge in [0.1, 0.15) is 19.3 Å². The Morgan fingerprint density at radius 3 is 1.72 bits per heavy atom. The van der Waals surface area contributed by atoms with E-state index in [9.17, 15) is 19.5 Å². The molecular weight excluding hydrogens is 582 g/mol.